The summed E-state index contributed by atoms with van der Waals surface area (Å²) in [5, 5.41) is 14.8. The summed E-state index contributed by atoms with van der Waals surface area (Å²) < 4.78 is 5.15. The number of nitro benzene ring substituents is 1. The number of rotatable bonds is 6. The van der Waals surface area contributed by atoms with Crippen LogP contribution in [-0.2, 0) is 0 Å². The molecule has 0 amide bonds. The summed E-state index contributed by atoms with van der Waals surface area (Å²) in [5.41, 5.74) is 0.707. The lowest BCUT2D eigenvalue weighted by atomic mass is 9.98. The summed E-state index contributed by atoms with van der Waals surface area (Å²) in [4.78, 5) is 13.1. The first-order chi connectivity index (χ1) is 10.2. The Morgan fingerprint density at radius 1 is 1.52 bits per heavy atom. The van der Waals surface area contributed by atoms with Gasteiger partial charge in [0.25, 0.3) is 0 Å². The van der Waals surface area contributed by atoms with Crippen molar-refractivity contribution in [2.45, 2.75) is 19.8 Å². The number of methoxy groups -OCH3 is 1. The molecule has 1 aromatic carbocycles. The van der Waals surface area contributed by atoms with E-state index in [0.29, 0.717) is 17.4 Å². The van der Waals surface area contributed by atoms with Gasteiger partial charge in [-0.05, 0) is 50.9 Å². The second-order valence-electron chi connectivity index (χ2n) is 5.34. The molecule has 6 nitrogen and oxygen atoms in total. The number of benzene rings is 1. The highest BCUT2D eigenvalue weighted by molar-refractivity contribution is 5.69. The molecular formula is C15H23N3O3. The molecule has 0 aromatic heterocycles. The van der Waals surface area contributed by atoms with Crippen molar-refractivity contribution in [2.75, 3.05) is 38.2 Å². The van der Waals surface area contributed by atoms with Crippen molar-refractivity contribution in [3.8, 4) is 5.75 Å². The van der Waals surface area contributed by atoms with Gasteiger partial charge in [0, 0.05) is 13.1 Å². The Morgan fingerprint density at radius 3 is 2.90 bits per heavy atom. The Hall–Kier alpha value is -1.82. The van der Waals surface area contributed by atoms with Crippen molar-refractivity contribution < 1.29 is 9.66 Å². The number of para-hydroxylation sites is 1. The first-order valence-electron chi connectivity index (χ1n) is 7.44. The van der Waals surface area contributed by atoms with Gasteiger partial charge in [-0.25, -0.2) is 0 Å². The van der Waals surface area contributed by atoms with Crippen LogP contribution in [0.25, 0.3) is 0 Å². The van der Waals surface area contributed by atoms with Crippen LogP contribution in [0.3, 0.4) is 0 Å². The van der Waals surface area contributed by atoms with Gasteiger partial charge in [0.05, 0.1) is 12.0 Å². The molecule has 1 aliphatic rings. The molecule has 21 heavy (non-hydrogen) atoms. The van der Waals surface area contributed by atoms with Crippen LogP contribution in [0.4, 0.5) is 11.4 Å². The van der Waals surface area contributed by atoms with Crippen molar-refractivity contribution >= 4 is 11.4 Å². The number of hydrogen-bond donors (Lipinski definition) is 1. The minimum Gasteiger partial charge on any atom is -0.490 e. The molecule has 6 heteroatoms. The van der Waals surface area contributed by atoms with Crippen molar-refractivity contribution in [2.24, 2.45) is 5.92 Å². The number of nitrogens with zero attached hydrogens (tertiary/aromatic N) is 2. The first-order valence-corrected chi connectivity index (χ1v) is 7.44. The van der Waals surface area contributed by atoms with Crippen molar-refractivity contribution in [3.05, 3.63) is 28.3 Å². The molecule has 1 unspecified atom stereocenters. The standard InChI is InChI=1S/C15H23N3O3/c1-3-17(11-12-6-5-9-16-10-12)13-7-4-8-14(21-2)15(13)18(19)20/h4,7-8,12,16H,3,5-6,9-11H2,1-2H3. The second-order valence-corrected chi connectivity index (χ2v) is 5.34. The van der Waals surface area contributed by atoms with Crippen molar-refractivity contribution in [1.29, 1.82) is 0 Å². The van der Waals surface area contributed by atoms with Gasteiger partial charge in [0.15, 0.2) is 5.75 Å². The lowest BCUT2D eigenvalue weighted by Crippen LogP contribution is -2.38. The summed E-state index contributed by atoms with van der Waals surface area (Å²) >= 11 is 0. The molecule has 116 valence electrons. The molecule has 1 fully saturated rings. The zero-order valence-corrected chi connectivity index (χ0v) is 12.7. The minimum atomic E-state index is -0.351. The summed E-state index contributed by atoms with van der Waals surface area (Å²) in [5.74, 6) is 0.849. The molecule has 2 rings (SSSR count). The molecule has 1 aromatic rings. The molecule has 0 bridgehead atoms. The Morgan fingerprint density at radius 2 is 2.33 bits per heavy atom. The smallest absolute Gasteiger partial charge is 0.333 e. The van der Waals surface area contributed by atoms with E-state index in [-0.39, 0.29) is 10.6 Å². The fourth-order valence-electron chi connectivity index (χ4n) is 2.90. The van der Waals surface area contributed by atoms with Crippen LogP contribution in [-0.4, -0.2) is 38.2 Å². The third-order valence-electron chi connectivity index (χ3n) is 3.98. The molecule has 0 radical (unpaired) electrons. The predicted octanol–water partition coefficient (Wildman–Crippen LogP) is 2.43. The van der Waals surface area contributed by atoms with Gasteiger partial charge in [-0.2, -0.15) is 0 Å². The quantitative estimate of drug-likeness (QED) is 0.644. The van der Waals surface area contributed by atoms with Gasteiger partial charge in [0.1, 0.15) is 5.69 Å². The summed E-state index contributed by atoms with van der Waals surface area (Å²) in [7, 11) is 1.47. The molecule has 1 heterocycles. The maximum atomic E-state index is 11.4. The van der Waals surface area contributed by atoms with E-state index < -0.39 is 0 Å². The zero-order valence-electron chi connectivity index (χ0n) is 12.7. The number of piperidine rings is 1. The highest BCUT2D eigenvalue weighted by Gasteiger charge is 2.26. The van der Waals surface area contributed by atoms with E-state index in [4.69, 9.17) is 4.74 Å². The maximum Gasteiger partial charge on any atom is 0.333 e. The average Bonchev–Trinajstić information content (AvgIpc) is 2.52. The SMILES string of the molecule is CCN(CC1CCCNC1)c1cccc(OC)c1[N+](=O)[O-]. The Labute approximate surface area is 125 Å². The van der Waals surface area contributed by atoms with Crippen LogP contribution < -0.4 is 15.0 Å². The lowest BCUT2D eigenvalue weighted by Gasteiger charge is -2.30. The third kappa shape index (κ3) is 3.64. The Kier molecular flexibility index (Phi) is 5.38. The molecular weight excluding hydrogens is 270 g/mol. The number of hydrogen-bond acceptors (Lipinski definition) is 5. The van der Waals surface area contributed by atoms with Gasteiger partial charge in [-0.15, -0.1) is 0 Å². The van der Waals surface area contributed by atoms with Crippen LogP contribution >= 0.6 is 0 Å². The minimum absolute atomic E-state index is 0.0608. The average molecular weight is 293 g/mol. The van der Waals surface area contributed by atoms with E-state index in [2.05, 4.69) is 10.2 Å². The molecule has 1 aliphatic heterocycles. The van der Waals surface area contributed by atoms with E-state index in [0.717, 1.165) is 26.2 Å². The van der Waals surface area contributed by atoms with Crippen LogP contribution in [0.1, 0.15) is 19.8 Å². The number of ether oxygens (including phenoxy) is 1. The Bertz CT molecular complexity index is 487. The largest absolute Gasteiger partial charge is 0.490 e. The molecule has 1 atom stereocenters. The van der Waals surface area contributed by atoms with Crippen LogP contribution in [0.2, 0.25) is 0 Å². The maximum absolute atomic E-state index is 11.4. The van der Waals surface area contributed by atoms with Gasteiger partial charge < -0.3 is 15.0 Å². The van der Waals surface area contributed by atoms with E-state index in [1.165, 1.54) is 20.0 Å². The Balaban J connectivity index is 2.26. The molecule has 1 saturated heterocycles. The fraction of sp³-hybridized carbons (Fsp3) is 0.600. The van der Waals surface area contributed by atoms with Crippen LogP contribution in [0.5, 0.6) is 5.75 Å². The van der Waals surface area contributed by atoms with E-state index in [1.807, 2.05) is 13.0 Å². The molecule has 1 N–H and O–H groups in total. The van der Waals surface area contributed by atoms with Crippen molar-refractivity contribution in [1.82, 2.24) is 5.32 Å². The highest BCUT2D eigenvalue weighted by Crippen LogP contribution is 2.37. The van der Waals surface area contributed by atoms with E-state index in [9.17, 15) is 10.1 Å². The molecule has 0 saturated carbocycles. The van der Waals surface area contributed by atoms with E-state index in [1.54, 1.807) is 12.1 Å². The monoisotopic (exact) mass is 293 g/mol. The molecule has 0 spiro atoms. The number of anilines is 1. The van der Waals surface area contributed by atoms with Crippen LogP contribution in [0.15, 0.2) is 18.2 Å². The number of nitro groups is 1. The van der Waals surface area contributed by atoms with Gasteiger partial charge >= 0.3 is 5.69 Å². The highest BCUT2D eigenvalue weighted by atomic mass is 16.6. The van der Waals surface area contributed by atoms with Crippen LogP contribution in [0, 0.1) is 16.0 Å². The molecule has 0 aliphatic carbocycles. The predicted molar refractivity (Wildman–Crippen MR) is 83.1 cm³/mol. The zero-order chi connectivity index (χ0) is 15.2. The third-order valence-corrected chi connectivity index (χ3v) is 3.98. The lowest BCUT2D eigenvalue weighted by molar-refractivity contribution is -0.385. The second kappa shape index (κ2) is 7.26. The van der Waals surface area contributed by atoms with Gasteiger partial charge in [-0.1, -0.05) is 6.07 Å². The summed E-state index contributed by atoms with van der Waals surface area (Å²) in [6.07, 6.45) is 2.34. The van der Waals surface area contributed by atoms with E-state index >= 15 is 0 Å². The van der Waals surface area contributed by atoms with Gasteiger partial charge in [0.2, 0.25) is 0 Å². The summed E-state index contributed by atoms with van der Waals surface area (Å²) in [6, 6.07) is 5.25. The first kappa shape index (κ1) is 15.6. The van der Waals surface area contributed by atoms with Gasteiger partial charge in [-0.3, -0.25) is 10.1 Å². The topological polar surface area (TPSA) is 67.6 Å². The summed E-state index contributed by atoms with van der Waals surface area (Å²) in [6.45, 7) is 5.65. The van der Waals surface area contributed by atoms with Crippen molar-refractivity contribution in [3.63, 3.8) is 0 Å². The number of nitrogens with one attached hydrogen (secondary N) is 1. The normalized spacial score (nSPS) is 18.3. The fourth-order valence-corrected chi connectivity index (χ4v) is 2.90.